The van der Waals surface area contributed by atoms with E-state index in [1.165, 1.54) is 0 Å². The van der Waals surface area contributed by atoms with Crippen LogP contribution in [0.15, 0.2) is 24.5 Å². The number of ether oxygens (including phenoxy) is 1. The zero-order valence-corrected chi connectivity index (χ0v) is 18.6. The summed E-state index contributed by atoms with van der Waals surface area (Å²) in [6, 6.07) is 1.86. The van der Waals surface area contributed by atoms with Crippen molar-refractivity contribution in [2.45, 2.75) is 27.2 Å². The second kappa shape index (κ2) is 9.20. The first-order valence-corrected chi connectivity index (χ1v) is 10.7. The fourth-order valence-corrected chi connectivity index (χ4v) is 4.00. The van der Waals surface area contributed by atoms with Gasteiger partial charge in [0.25, 0.3) is 0 Å². The van der Waals surface area contributed by atoms with Gasteiger partial charge in [-0.2, -0.15) is 0 Å². The zero-order valence-electron chi connectivity index (χ0n) is 18.6. The van der Waals surface area contributed by atoms with Crippen LogP contribution in [-0.2, 0) is 6.42 Å². The summed E-state index contributed by atoms with van der Waals surface area (Å²) in [5, 5.41) is 4.08. The van der Waals surface area contributed by atoms with Crippen LogP contribution >= 0.6 is 0 Å². The van der Waals surface area contributed by atoms with Gasteiger partial charge in [0.1, 0.15) is 29.5 Å². The normalized spacial score (nSPS) is 14.1. The van der Waals surface area contributed by atoms with Gasteiger partial charge in [0.2, 0.25) is 5.88 Å². The average molecular weight is 430 g/mol. The fourth-order valence-electron chi connectivity index (χ4n) is 4.00. The number of nitrogens with two attached hydrogens (primary N) is 1. The third-order valence-corrected chi connectivity index (χ3v) is 5.73. The smallest absolute Gasteiger partial charge is 0.244 e. The molecule has 1 aliphatic rings. The molecule has 3 aromatic rings. The van der Waals surface area contributed by atoms with E-state index in [0.29, 0.717) is 34.9 Å². The molecule has 0 atom stereocenters. The summed E-state index contributed by atoms with van der Waals surface area (Å²) in [4.78, 5) is 20.9. The van der Waals surface area contributed by atoms with Gasteiger partial charge in [-0.3, -0.25) is 0 Å². The molecule has 1 fully saturated rings. The van der Waals surface area contributed by atoms with Crippen LogP contribution in [0.2, 0.25) is 0 Å². The first kappa shape index (κ1) is 21.5. The maximum Gasteiger partial charge on any atom is 0.244 e. The molecule has 0 saturated carbocycles. The lowest BCUT2D eigenvalue weighted by molar-refractivity contribution is 0.505. The van der Waals surface area contributed by atoms with Crippen molar-refractivity contribution in [1.82, 2.24) is 25.3 Å². The van der Waals surface area contributed by atoms with E-state index in [-0.39, 0.29) is 0 Å². The summed E-state index contributed by atoms with van der Waals surface area (Å²) in [6.07, 6.45) is 14.1. The SMILES string of the molecule is C#COc1nc(-c2nc(N)cc(C)c2C)c(C/C=C/C)c2ncnc(N3CCNCC3)c12. The van der Waals surface area contributed by atoms with Crippen LogP contribution < -0.4 is 20.7 Å². The minimum absolute atomic E-state index is 0.303. The van der Waals surface area contributed by atoms with E-state index in [1.807, 2.05) is 32.9 Å². The Kier molecular flexibility index (Phi) is 6.19. The van der Waals surface area contributed by atoms with Crippen LogP contribution in [0.4, 0.5) is 11.6 Å². The highest BCUT2D eigenvalue weighted by molar-refractivity contribution is 5.98. The number of anilines is 2. The fraction of sp³-hybridized carbons (Fsp3) is 0.333. The molecule has 0 spiro atoms. The number of nitrogens with zero attached hydrogens (tertiary/aromatic N) is 5. The number of allylic oxidation sites excluding steroid dienone is 2. The number of aryl methyl sites for hydroxylation is 1. The Morgan fingerprint density at radius 3 is 2.72 bits per heavy atom. The van der Waals surface area contributed by atoms with Crippen LogP contribution in [-0.4, -0.2) is 46.1 Å². The molecule has 3 N–H and O–H groups in total. The molecular formula is C24H27N7O. The molecule has 0 radical (unpaired) electrons. The number of hydrogen-bond donors (Lipinski definition) is 2. The number of pyridine rings is 2. The summed E-state index contributed by atoms with van der Waals surface area (Å²) in [5.41, 5.74) is 11.2. The number of fused-ring (bicyclic) bond motifs is 1. The Morgan fingerprint density at radius 1 is 1.22 bits per heavy atom. The monoisotopic (exact) mass is 429 g/mol. The largest absolute Gasteiger partial charge is 0.387 e. The van der Waals surface area contributed by atoms with E-state index < -0.39 is 0 Å². The first-order valence-electron chi connectivity index (χ1n) is 10.7. The van der Waals surface area contributed by atoms with E-state index in [9.17, 15) is 0 Å². The highest BCUT2D eigenvalue weighted by Gasteiger charge is 2.25. The lowest BCUT2D eigenvalue weighted by Gasteiger charge is -2.29. The Labute approximate surface area is 187 Å². The Bertz CT molecular complexity index is 1220. The topological polar surface area (TPSA) is 102 Å². The number of piperazine rings is 1. The standard InChI is InChI=1S/C24H27N7O/c1-5-7-8-17-21-19(23(28-14-27-21)31-11-9-26-10-12-31)24(32-6-2)30-22(17)20-16(4)15(3)13-18(25)29-20/h2,5,7,13-14,26H,8-12H2,1,3-4H3,(H2,25,29)/b7-5+. The minimum Gasteiger partial charge on any atom is -0.387 e. The van der Waals surface area contributed by atoms with Gasteiger partial charge in [0.05, 0.1) is 16.9 Å². The lowest BCUT2D eigenvalue weighted by Crippen LogP contribution is -2.44. The third kappa shape index (κ3) is 3.95. The van der Waals surface area contributed by atoms with Crippen LogP contribution in [0.5, 0.6) is 5.88 Å². The number of nitrogens with one attached hydrogen (secondary N) is 1. The lowest BCUT2D eigenvalue weighted by atomic mass is 9.99. The van der Waals surface area contributed by atoms with Gasteiger partial charge >= 0.3 is 0 Å². The van der Waals surface area contributed by atoms with Crippen LogP contribution in [0.25, 0.3) is 22.3 Å². The van der Waals surface area contributed by atoms with Crippen LogP contribution in [0.3, 0.4) is 0 Å². The molecule has 0 unspecified atom stereocenters. The molecule has 4 rings (SSSR count). The van der Waals surface area contributed by atoms with Crippen molar-refractivity contribution in [3.05, 3.63) is 41.2 Å². The molecule has 1 saturated heterocycles. The van der Waals surface area contributed by atoms with Gasteiger partial charge in [0, 0.05) is 31.7 Å². The summed E-state index contributed by atoms with van der Waals surface area (Å²) < 4.78 is 5.59. The second-order valence-corrected chi connectivity index (χ2v) is 7.73. The van der Waals surface area contributed by atoms with Gasteiger partial charge in [-0.25, -0.2) is 19.9 Å². The highest BCUT2D eigenvalue weighted by atomic mass is 16.5. The molecule has 32 heavy (non-hydrogen) atoms. The van der Waals surface area contributed by atoms with Crippen molar-refractivity contribution in [1.29, 1.82) is 0 Å². The van der Waals surface area contributed by atoms with Crippen molar-refractivity contribution in [2.24, 2.45) is 0 Å². The van der Waals surface area contributed by atoms with E-state index in [2.05, 4.69) is 37.4 Å². The number of terminal acetylenes is 1. The summed E-state index contributed by atoms with van der Waals surface area (Å²) in [7, 11) is 0. The summed E-state index contributed by atoms with van der Waals surface area (Å²) in [6.45, 7) is 9.40. The number of hydrogen-bond acceptors (Lipinski definition) is 8. The molecule has 0 aromatic carbocycles. The summed E-state index contributed by atoms with van der Waals surface area (Å²) in [5.74, 6) is 1.51. The minimum atomic E-state index is 0.303. The predicted octanol–water partition coefficient (Wildman–Crippen LogP) is 2.78. The van der Waals surface area contributed by atoms with E-state index in [4.69, 9.17) is 21.9 Å². The van der Waals surface area contributed by atoms with Crippen LogP contribution in [0.1, 0.15) is 23.6 Å². The van der Waals surface area contributed by atoms with Crippen molar-refractivity contribution in [2.75, 3.05) is 36.8 Å². The molecule has 8 nitrogen and oxygen atoms in total. The molecule has 164 valence electrons. The maximum absolute atomic E-state index is 6.09. The second-order valence-electron chi connectivity index (χ2n) is 7.73. The average Bonchev–Trinajstić information content (AvgIpc) is 2.81. The molecule has 0 aliphatic carbocycles. The first-order chi connectivity index (χ1) is 15.5. The van der Waals surface area contributed by atoms with Gasteiger partial charge < -0.3 is 20.7 Å². The Hall–Kier alpha value is -3.70. The van der Waals surface area contributed by atoms with E-state index in [1.54, 1.807) is 6.33 Å². The van der Waals surface area contributed by atoms with Gasteiger partial charge in [-0.05, 0) is 44.4 Å². The molecular weight excluding hydrogens is 402 g/mol. The molecule has 0 bridgehead atoms. The Morgan fingerprint density at radius 2 is 2.00 bits per heavy atom. The van der Waals surface area contributed by atoms with Crippen molar-refractivity contribution in [3.63, 3.8) is 0 Å². The van der Waals surface area contributed by atoms with Crippen molar-refractivity contribution >= 4 is 22.5 Å². The molecule has 8 heteroatoms. The quantitative estimate of drug-likeness (QED) is 0.472. The summed E-state index contributed by atoms with van der Waals surface area (Å²) >= 11 is 0. The third-order valence-electron chi connectivity index (χ3n) is 5.73. The Balaban J connectivity index is 2.07. The predicted molar refractivity (Wildman–Crippen MR) is 128 cm³/mol. The number of nitrogen functional groups attached to an aromatic ring is 1. The molecule has 0 amide bonds. The molecule has 1 aliphatic heterocycles. The molecule has 3 aromatic heterocycles. The zero-order chi connectivity index (χ0) is 22.7. The number of aromatic nitrogens is 4. The number of rotatable bonds is 5. The molecule has 4 heterocycles. The van der Waals surface area contributed by atoms with Gasteiger partial charge in [0.15, 0.2) is 0 Å². The van der Waals surface area contributed by atoms with E-state index in [0.717, 1.165) is 54.2 Å². The van der Waals surface area contributed by atoms with Crippen LogP contribution in [0, 0.1) is 26.4 Å². The van der Waals surface area contributed by atoms with Crippen molar-refractivity contribution < 1.29 is 4.74 Å². The van der Waals surface area contributed by atoms with E-state index >= 15 is 0 Å². The maximum atomic E-state index is 6.09. The van der Waals surface area contributed by atoms with Crippen molar-refractivity contribution in [3.8, 4) is 29.8 Å². The highest BCUT2D eigenvalue weighted by Crippen LogP contribution is 2.38. The van der Waals surface area contributed by atoms with Gasteiger partial charge in [-0.1, -0.05) is 18.6 Å². The van der Waals surface area contributed by atoms with Gasteiger partial charge in [-0.15, -0.1) is 0 Å².